The Hall–Kier alpha value is -0.740. The first-order valence-electron chi connectivity index (χ1n) is 4.06. The molecule has 1 fully saturated rings. The minimum absolute atomic E-state index is 0.364. The van der Waals surface area contributed by atoms with Gasteiger partial charge in [-0.05, 0) is 36.9 Å². The molecule has 1 atom stereocenters. The Morgan fingerprint density at radius 3 is 3.17 bits per heavy atom. The summed E-state index contributed by atoms with van der Waals surface area (Å²) < 4.78 is 3.80. The quantitative estimate of drug-likeness (QED) is 0.713. The van der Waals surface area contributed by atoms with Gasteiger partial charge in [0.1, 0.15) is 0 Å². The van der Waals surface area contributed by atoms with Crippen LogP contribution in [0.1, 0.15) is 25.0 Å². The van der Waals surface area contributed by atoms with Crippen molar-refractivity contribution in [2.45, 2.75) is 25.3 Å². The van der Waals surface area contributed by atoms with Crippen LogP contribution in [-0.2, 0) is 0 Å². The number of hydrogen-bond acceptors (Lipinski definition) is 4. The van der Waals surface area contributed by atoms with Crippen LogP contribution in [0.15, 0.2) is 11.0 Å². The van der Waals surface area contributed by atoms with E-state index in [1.165, 1.54) is 17.1 Å². The minimum atomic E-state index is 0.364. The molecule has 1 aliphatic carbocycles. The van der Waals surface area contributed by atoms with Crippen LogP contribution in [0.2, 0.25) is 0 Å². The van der Waals surface area contributed by atoms with Crippen molar-refractivity contribution in [2.24, 2.45) is 5.73 Å². The minimum Gasteiger partial charge on any atom is -0.327 e. The van der Waals surface area contributed by atoms with Crippen molar-refractivity contribution in [3.63, 3.8) is 0 Å². The topological polar surface area (TPSA) is 51.8 Å². The van der Waals surface area contributed by atoms with E-state index < -0.39 is 0 Å². The zero-order valence-corrected chi connectivity index (χ0v) is 7.55. The molecule has 1 aromatic rings. The van der Waals surface area contributed by atoms with E-state index in [9.17, 15) is 0 Å². The predicted octanol–water partition coefficient (Wildman–Crippen LogP) is 1.43. The normalized spacial score (nSPS) is 26.8. The van der Waals surface area contributed by atoms with E-state index in [2.05, 4.69) is 15.7 Å². The van der Waals surface area contributed by atoms with E-state index >= 15 is 0 Å². The second-order valence-corrected chi connectivity index (χ2v) is 3.75. The summed E-state index contributed by atoms with van der Waals surface area (Å²) in [5, 5.41) is 5.91. The number of nitrogens with zero attached hydrogens (tertiary/aromatic N) is 2. The molecule has 0 bridgehead atoms. The standard InChI is InChI=1S/C8H11N3S/c9-7-2-1-6(3-7)4-8-5-12-11-10-8/h4-5,7H,1-3,9H2/b6-4+. The number of nitrogens with two attached hydrogens (primary N) is 1. The Morgan fingerprint density at radius 2 is 2.58 bits per heavy atom. The summed E-state index contributed by atoms with van der Waals surface area (Å²) in [5.74, 6) is 0. The molecule has 3 nitrogen and oxygen atoms in total. The third-order valence-electron chi connectivity index (χ3n) is 2.09. The van der Waals surface area contributed by atoms with Crippen molar-refractivity contribution >= 4 is 17.6 Å². The number of aromatic nitrogens is 2. The van der Waals surface area contributed by atoms with Crippen molar-refractivity contribution in [3.8, 4) is 0 Å². The largest absolute Gasteiger partial charge is 0.327 e. The molecule has 12 heavy (non-hydrogen) atoms. The van der Waals surface area contributed by atoms with Crippen molar-refractivity contribution < 1.29 is 0 Å². The molecule has 1 aromatic heterocycles. The van der Waals surface area contributed by atoms with E-state index in [0.29, 0.717) is 6.04 Å². The van der Waals surface area contributed by atoms with E-state index in [4.69, 9.17) is 5.73 Å². The maximum atomic E-state index is 5.78. The van der Waals surface area contributed by atoms with Gasteiger partial charge < -0.3 is 5.73 Å². The highest BCUT2D eigenvalue weighted by Crippen LogP contribution is 2.24. The molecule has 1 saturated carbocycles. The monoisotopic (exact) mass is 181 g/mol. The molecule has 0 saturated heterocycles. The third kappa shape index (κ3) is 1.70. The molecule has 0 spiro atoms. The van der Waals surface area contributed by atoms with Crippen molar-refractivity contribution in [1.29, 1.82) is 0 Å². The van der Waals surface area contributed by atoms with Gasteiger partial charge in [-0.3, -0.25) is 0 Å². The molecule has 2 rings (SSSR count). The lowest BCUT2D eigenvalue weighted by atomic mass is 10.2. The molecule has 64 valence electrons. The second-order valence-electron chi connectivity index (χ2n) is 3.14. The molecule has 2 N–H and O–H groups in total. The fraction of sp³-hybridized carbons (Fsp3) is 0.500. The van der Waals surface area contributed by atoms with Gasteiger partial charge in [0, 0.05) is 11.4 Å². The average molecular weight is 181 g/mol. The Labute approximate surface area is 75.5 Å². The van der Waals surface area contributed by atoms with Gasteiger partial charge in [0.2, 0.25) is 0 Å². The summed E-state index contributed by atoms with van der Waals surface area (Å²) in [7, 11) is 0. The summed E-state index contributed by atoms with van der Waals surface area (Å²) in [5.41, 5.74) is 8.17. The molecule has 4 heteroatoms. The fourth-order valence-corrected chi connectivity index (χ4v) is 1.90. The van der Waals surface area contributed by atoms with Gasteiger partial charge in [0.05, 0.1) is 5.69 Å². The van der Waals surface area contributed by atoms with Crippen LogP contribution < -0.4 is 5.73 Å². The lowest BCUT2D eigenvalue weighted by molar-refractivity contribution is 0.711. The lowest BCUT2D eigenvalue weighted by Gasteiger charge is -1.95. The molecule has 0 radical (unpaired) electrons. The molecular formula is C8H11N3S. The Balaban J connectivity index is 2.10. The highest BCUT2D eigenvalue weighted by Gasteiger charge is 2.14. The van der Waals surface area contributed by atoms with Crippen molar-refractivity contribution in [2.75, 3.05) is 0 Å². The maximum absolute atomic E-state index is 5.78. The predicted molar refractivity (Wildman–Crippen MR) is 49.7 cm³/mol. The van der Waals surface area contributed by atoms with Gasteiger partial charge >= 0.3 is 0 Å². The first-order chi connectivity index (χ1) is 5.84. The molecule has 0 amide bonds. The van der Waals surface area contributed by atoms with Gasteiger partial charge in [-0.2, -0.15) is 0 Å². The molecule has 1 unspecified atom stereocenters. The van der Waals surface area contributed by atoms with Crippen LogP contribution in [0.25, 0.3) is 6.08 Å². The van der Waals surface area contributed by atoms with Crippen LogP contribution in [0.4, 0.5) is 0 Å². The molecule has 0 aliphatic heterocycles. The van der Waals surface area contributed by atoms with Crippen molar-refractivity contribution in [1.82, 2.24) is 9.59 Å². The molecule has 1 heterocycles. The Kier molecular flexibility index (Phi) is 2.19. The van der Waals surface area contributed by atoms with E-state index in [1.807, 2.05) is 5.38 Å². The zero-order chi connectivity index (χ0) is 8.39. The lowest BCUT2D eigenvalue weighted by Crippen LogP contribution is -2.13. The maximum Gasteiger partial charge on any atom is 0.0981 e. The van der Waals surface area contributed by atoms with E-state index in [-0.39, 0.29) is 0 Å². The van der Waals surface area contributed by atoms with Crippen molar-refractivity contribution in [3.05, 3.63) is 16.6 Å². The molecular weight excluding hydrogens is 170 g/mol. The van der Waals surface area contributed by atoms with E-state index in [0.717, 1.165) is 25.0 Å². The smallest absolute Gasteiger partial charge is 0.0981 e. The number of rotatable bonds is 1. The summed E-state index contributed by atoms with van der Waals surface area (Å²) in [4.78, 5) is 0. The summed E-state index contributed by atoms with van der Waals surface area (Å²) in [6, 6.07) is 0.364. The average Bonchev–Trinajstić information content (AvgIpc) is 2.63. The van der Waals surface area contributed by atoms with Gasteiger partial charge in [-0.1, -0.05) is 10.1 Å². The molecule has 1 aliphatic rings. The summed E-state index contributed by atoms with van der Waals surface area (Å²) in [6.07, 6.45) is 5.37. The highest BCUT2D eigenvalue weighted by molar-refractivity contribution is 7.03. The van der Waals surface area contributed by atoms with Gasteiger partial charge in [-0.15, -0.1) is 5.10 Å². The second kappa shape index (κ2) is 3.33. The summed E-state index contributed by atoms with van der Waals surface area (Å²) in [6.45, 7) is 0. The van der Waals surface area contributed by atoms with Crippen LogP contribution in [0.5, 0.6) is 0 Å². The van der Waals surface area contributed by atoms with Gasteiger partial charge in [-0.25, -0.2) is 0 Å². The Bertz CT molecular complexity index is 279. The highest BCUT2D eigenvalue weighted by atomic mass is 32.1. The van der Waals surface area contributed by atoms with Crippen LogP contribution >= 0.6 is 11.5 Å². The molecule has 0 aromatic carbocycles. The zero-order valence-electron chi connectivity index (χ0n) is 6.73. The Morgan fingerprint density at radius 1 is 1.67 bits per heavy atom. The number of hydrogen-bond donors (Lipinski definition) is 1. The van der Waals surface area contributed by atoms with Gasteiger partial charge in [0.25, 0.3) is 0 Å². The first-order valence-corrected chi connectivity index (χ1v) is 4.90. The van der Waals surface area contributed by atoms with Crippen LogP contribution in [0.3, 0.4) is 0 Å². The summed E-state index contributed by atoms with van der Waals surface area (Å²) >= 11 is 1.39. The van der Waals surface area contributed by atoms with E-state index in [1.54, 1.807) is 0 Å². The SMILES string of the molecule is NC1CC/C(=C\c2csnn2)C1. The first kappa shape index (κ1) is 7.89. The third-order valence-corrected chi connectivity index (χ3v) is 2.61. The van der Waals surface area contributed by atoms with Gasteiger partial charge in [0.15, 0.2) is 0 Å². The van der Waals surface area contributed by atoms with Crippen LogP contribution in [-0.4, -0.2) is 15.6 Å². The fourth-order valence-electron chi connectivity index (χ4n) is 1.49. The van der Waals surface area contributed by atoms with Crippen LogP contribution in [0, 0.1) is 0 Å².